The zero-order valence-corrected chi connectivity index (χ0v) is 11.2. The summed E-state index contributed by atoms with van der Waals surface area (Å²) in [6.45, 7) is 2.64. The van der Waals surface area contributed by atoms with Crippen molar-refractivity contribution in [2.24, 2.45) is 0 Å². The molecule has 1 aliphatic heterocycles. The summed E-state index contributed by atoms with van der Waals surface area (Å²) in [6.07, 6.45) is -0.350. The summed E-state index contributed by atoms with van der Waals surface area (Å²) >= 11 is 0. The van der Waals surface area contributed by atoms with E-state index < -0.39 is 35.8 Å². The van der Waals surface area contributed by atoms with Crippen molar-refractivity contribution in [1.29, 1.82) is 0 Å². The average Bonchev–Trinajstić information content (AvgIpc) is 2.72. The molecule has 0 amide bonds. The molecule has 1 saturated heterocycles. The van der Waals surface area contributed by atoms with Crippen LogP contribution in [0.3, 0.4) is 0 Å². The van der Waals surface area contributed by atoms with Crippen molar-refractivity contribution in [2.45, 2.75) is 38.2 Å². The third kappa shape index (κ3) is 2.29. The van der Waals surface area contributed by atoms with Gasteiger partial charge in [-0.1, -0.05) is 5.92 Å². The number of rotatable bonds is 2. The molecule has 1 aromatic rings. The van der Waals surface area contributed by atoms with Crippen molar-refractivity contribution < 1.29 is 14.9 Å². The molecular formula is C13H16N2O5. The van der Waals surface area contributed by atoms with Gasteiger partial charge >= 0.3 is 5.69 Å². The molecule has 2 rings (SSSR count). The van der Waals surface area contributed by atoms with Gasteiger partial charge in [-0.3, -0.25) is 14.3 Å². The van der Waals surface area contributed by atoms with Crippen LogP contribution in [0.4, 0.5) is 0 Å². The van der Waals surface area contributed by atoms with E-state index in [2.05, 4.69) is 16.8 Å². The zero-order chi connectivity index (χ0) is 14.9. The van der Waals surface area contributed by atoms with Crippen LogP contribution < -0.4 is 11.2 Å². The number of H-pyrrole nitrogens is 1. The van der Waals surface area contributed by atoms with Gasteiger partial charge in [0, 0.05) is 18.2 Å². The molecule has 1 aliphatic rings. The van der Waals surface area contributed by atoms with Crippen LogP contribution in [-0.4, -0.2) is 38.1 Å². The second-order valence-electron chi connectivity index (χ2n) is 4.73. The monoisotopic (exact) mass is 280 g/mol. The summed E-state index contributed by atoms with van der Waals surface area (Å²) in [5.41, 5.74) is -2.14. The second-order valence-corrected chi connectivity index (χ2v) is 4.73. The van der Waals surface area contributed by atoms with Gasteiger partial charge in [0.05, 0.1) is 6.61 Å². The molecule has 0 saturated carbocycles. The van der Waals surface area contributed by atoms with Gasteiger partial charge in [0.15, 0.2) is 5.60 Å². The molecule has 7 heteroatoms. The lowest BCUT2D eigenvalue weighted by molar-refractivity contribution is -0.0914. The van der Waals surface area contributed by atoms with Gasteiger partial charge in [0.25, 0.3) is 5.56 Å². The Bertz CT molecular complexity index is 680. The van der Waals surface area contributed by atoms with Crippen LogP contribution in [0.5, 0.6) is 0 Å². The van der Waals surface area contributed by atoms with Gasteiger partial charge in [-0.15, -0.1) is 5.92 Å². The van der Waals surface area contributed by atoms with Crippen molar-refractivity contribution in [3.63, 3.8) is 0 Å². The van der Waals surface area contributed by atoms with Gasteiger partial charge in [0.1, 0.15) is 12.3 Å². The quantitative estimate of drug-likeness (QED) is 0.595. The topological polar surface area (TPSA) is 105 Å². The summed E-state index contributed by atoms with van der Waals surface area (Å²) < 4.78 is 6.77. The summed E-state index contributed by atoms with van der Waals surface area (Å²) in [7, 11) is 0. The Hall–Kier alpha value is -1.88. The molecule has 0 unspecified atom stereocenters. The van der Waals surface area contributed by atoms with Gasteiger partial charge in [0.2, 0.25) is 0 Å². The molecule has 0 spiro atoms. The number of aryl methyl sites for hydroxylation is 1. The molecule has 7 nitrogen and oxygen atoms in total. The number of hydrogen-bond acceptors (Lipinski definition) is 5. The van der Waals surface area contributed by atoms with E-state index in [4.69, 9.17) is 4.74 Å². The second kappa shape index (κ2) is 5.25. The molecule has 0 aliphatic carbocycles. The number of aliphatic hydroxyl groups is 2. The van der Waals surface area contributed by atoms with Crippen molar-refractivity contribution in [1.82, 2.24) is 9.55 Å². The Morgan fingerprint density at radius 3 is 2.90 bits per heavy atom. The first-order valence-electron chi connectivity index (χ1n) is 6.16. The lowest BCUT2D eigenvalue weighted by Gasteiger charge is -2.24. The van der Waals surface area contributed by atoms with Crippen LogP contribution in [0.15, 0.2) is 15.8 Å². The Labute approximate surface area is 114 Å². The normalized spacial score (nSPS) is 29.0. The lowest BCUT2D eigenvalue weighted by atomic mass is 9.98. The van der Waals surface area contributed by atoms with Crippen molar-refractivity contribution in [2.75, 3.05) is 6.61 Å². The first kappa shape index (κ1) is 14.5. The van der Waals surface area contributed by atoms with E-state index in [9.17, 15) is 19.8 Å². The smallest absolute Gasteiger partial charge is 0.330 e. The van der Waals surface area contributed by atoms with Gasteiger partial charge in [-0.25, -0.2) is 4.79 Å². The van der Waals surface area contributed by atoms with E-state index >= 15 is 0 Å². The third-order valence-corrected chi connectivity index (χ3v) is 3.34. The van der Waals surface area contributed by atoms with Crippen LogP contribution in [0.25, 0.3) is 0 Å². The largest absolute Gasteiger partial charge is 0.392 e. The molecular weight excluding hydrogens is 264 g/mol. The predicted octanol–water partition coefficient (Wildman–Crippen LogP) is -1.12. The SMILES string of the molecule is CC#C[C@@]1(CO)O[C@@H](n2cc(C)c(=O)[nH]c2=O)C[C@H]1O. The van der Waals surface area contributed by atoms with Crippen LogP contribution in [0.2, 0.25) is 0 Å². The van der Waals surface area contributed by atoms with Crippen molar-refractivity contribution >= 4 is 0 Å². The molecule has 20 heavy (non-hydrogen) atoms. The fourth-order valence-electron chi connectivity index (χ4n) is 2.23. The van der Waals surface area contributed by atoms with E-state index in [0.29, 0.717) is 5.56 Å². The van der Waals surface area contributed by atoms with Crippen molar-refractivity contribution in [3.05, 3.63) is 32.6 Å². The number of aliphatic hydroxyl groups excluding tert-OH is 2. The summed E-state index contributed by atoms with van der Waals surface area (Å²) in [4.78, 5) is 25.3. The molecule has 1 aromatic heterocycles. The number of hydrogen-bond donors (Lipinski definition) is 3. The highest BCUT2D eigenvalue weighted by atomic mass is 16.6. The minimum absolute atomic E-state index is 0.0978. The molecule has 108 valence electrons. The molecule has 3 atom stereocenters. The fourth-order valence-corrected chi connectivity index (χ4v) is 2.23. The molecule has 1 fully saturated rings. The number of aromatic amines is 1. The lowest BCUT2D eigenvalue weighted by Crippen LogP contribution is -2.42. The molecule has 0 radical (unpaired) electrons. The van der Waals surface area contributed by atoms with E-state index in [1.54, 1.807) is 13.8 Å². The van der Waals surface area contributed by atoms with Gasteiger partial charge < -0.3 is 14.9 Å². The van der Waals surface area contributed by atoms with E-state index in [1.807, 2.05) is 0 Å². The Balaban J connectivity index is 2.42. The number of aromatic nitrogens is 2. The molecule has 3 N–H and O–H groups in total. The first-order chi connectivity index (χ1) is 9.43. The van der Waals surface area contributed by atoms with Crippen LogP contribution in [0.1, 0.15) is 25.1 Å². The zero-order valence-electron chi connectivity index (χ0n) is 11.2. The van der Waals surface area contributed by atoms with Gasteiger partial charge in [-0.05, 0) is 13.8 Å². The fraction of sp³-hybridized carbons (Fsp3) is 0.538. The van der Waals surface area contributed by atoms with E-state index in [1.165, 1.54) is 10.8 Å². The van der Waals surface area contributed by atoms with Crippen LogP contribution >= 0.6 is 0 Å². The summed E-state index contributed by atoms with van der Waals surface area (Å²) in [5, 5.41) is 19.5. The van der Waals surface area contributed by atoms with E-state index in [0.717, 1.165) is 0 Å². The minimum atomic E-state index is -1.40. The number of nitrogens with zero attached hydrogens (tertiary/aromatic N) is 1. The standard InChI is InChI=1S/C13H16N2O5/c1-3-4-13(7-16)9(17)5-10(20-13)15-6-8(2)11(18)14-12(15)19/h6,9-10,16-17H,5,7H2,1-2H3,(H,14,18,19)/t9-,10-,13+/m1/s1. The Kier molecular flexibility index (Phi) is 3.81. The number of ether oxygens (including phenoxy) is 1. The third-order valence-electron chi connectivity index (χ3n) is 3.34. The molecule has 2 heterocycles. The van der Waals surface area contributed by atoms with E-state index in [-0.39, 0.29) is 6.42 Å². The van der Waals surface area contributed by atoms with Crippen molar-refractivity contribution in [3.8, 4) is 11.8 Å². The maximum atomic E-state index is 11.8. The predicted molar refractivity (Wildman–Crippen MR) is 70.1 cm³/mol. The Morgan fingerprint density at radius 1 is 1.60 bits per heavy atom. The summed E-state index contributed by atoms with van der Waals surface area (Å²) in [6, 6.07) is 0. The average molecular weight is 280 g/mol. The maximum Gasteiger partial charge on any atom is 0.330 e. The minimum Gasteiger partial charge on any atom is -0.392 e. The van der Waals surface area contributed by atoms with Crippen LogP contribution in [0, 0.1) is 18.8 Å². The molecule has 0 bridgehead atoms. The maximum absolute atomic E-state index is 11.8. The highest BCUT2D eigenvalue weighted by molar-refractivity contribution is 5.19. The highest BCUT2D eigenvalue weighted by Crippen LogP contribution is 2.35. The first-order valence-corrected chi connectivity index (χ1v) is 6.16. The highest BCUT2D eigenvalue weighted by Gasteiger charge is 2.47. The number of nitrogens with one attached hydrogen (secondary N) is 1. The Morgan fingerprint density at radius 2 is 2.30 bits per heavy atom. The summed E-state index contributed by atoms with van der Waals surface area (Å²) in [5.74, 6) is 5.24. The van der Waals surface area contributed by atoms with Gasteiger partial charge in [-0.2, -0.15) is 0 Å². The van der Waals surface area contributed by atoms with Crippen LogP contribution in [-0.2, 0) is 4.74 Å². The molecule has 0 aromatic carbocycles.